The van der Waals surface area contributed by atoms with Crippen LogP contribution >= 0.6 is 0 Å². The highest BCUT2D eigenvalue weighted by molar-refractivity contribution is 5.37. The summed E-state index contributed by atoms with van der Waals surface area (Å²) in [5, 5.41) is 0. The summed E-state index contributed by atoms with van der Waals surface area (Å²) in [7, 11) is 1.68. The van der Waals surface area contributed by atoms with Gasteiger partial charge in [-0.3, -0.25) is 0 Å². The lowest BCUT2D eigenvalue weighted by atomic mass is 10.1. The third-order valence-corrected chi connectivity index (χ3v) is 3.67. The lowest BCUT2D eigenvalue weighted by Gasteiger charge is -2.22. The fraction of sp³-hybridized carbons (Fsp3) is 0.625. The molecule has 1 aliphatic heterocycles. The molecule has 0 amide bonds. The monoisotopic (exact) mass is 279 g/mol. The zero-order chi connectivity index (χ0) is 14.4. The van der Waals surface area contributed by atoms with Crippen molar-refractivity contribution in [1.29, 1.82) is 0 Å². The molecule has 1 aromatic rings. The fourth-order valence-electron chi connectivity index (χ4n) is 2.43. The number of rotatable bonds is 6. The Hall–Kier alpha value is -1.10. The second-order valence-electron chi connectivity index (χ2n) is 5.36. The van der Waals surface area contributed by atoms with Crippen molar-refractivity contribution < 1.29 is 14.2 Å². The predicted octanol–water partition coefficient (Wildman–Crippen LogP) is 2.80. The zero-order valence-corrected chi connectivity index (χ0v) is 12.4. The molecule has 4 nitrogen and oxygen atoms in total. The van der Waals surface area contributed by atoms with Gasteiger partial charge in [0.15, 0.2) is 0 Å². The Kier molecular flexibility index (Phi) is 5.83. The van der Waals surface area contributed by atoms with E-state index in [-0.39, 0.29) is 12.1 Å². The zero-order valence-electron chi connectivity index (χ0n) is 12.4. The Bertz CT molecular complexity index is 414. The first-order valence-electron chi connectivity index (χ1n) is 7.32. The molecule has 2 N–H and O–H groups in total. The minimum Gasteiger partial charge on any atom is -0.496 e. The number of hydrogen-bond donors (Lipinski definition) is 1. The van der Waals surface area contributed by atoms with Crippen LogP contribution in [0.25, 0.3) is 0 Å². The molecule has 20 heavy (non-hydrogen) atoms. The fourth-order valence-corrected chi connectivity index (χ4v) is 2.43. The molecule has 1 aromatic carbocycles. The molecule has 1 fully saturated rings. The summed E-state index contributed by atoms with van der Waals surface area (Å²) in [4.78, 5) is 0. The van der Waals surface area contributed by atoms with Crippen LogP contribution in [0.15, 0.2) is 18.2 Å². The van der Waals surface area contributed by atoms with Crippen molar-refractivity contribution in [2.45, 2.75) is 44.9 Å². The maximum Gasteiger partial charge on any atom is 0.124 e. The Labute approximate surface area is 121 Å². The average molecular weight is 279 g/mol. The van der Waals surface area contributed by atoms with Gasteiger partial charge >= 0.3 is 0 Å². The van der Waals surface area contributed by atoms with Gasteiger partial charge in [-0.05, 0) is 43.9 Å². The van der Waals surface area contributed by atoms with Crippen LogP contribution in [0.3, 0.4) is 0 Å². The SMILES string of the molecule is COc1ccc(C(C)N)cc1COCC1CCCCO1. The molecule has 0 saturated carbocycles. The van der Waals surface area contributed by atoms with Gasteiger partial charge in [-0.1, -0.05) is 6.07 Å². The summed E-state index contributed by atoms with van der Waals surface area (Å²) in [6, 6.07) is 6.03. The summed E-state index contributed by atoms with van der Waals surface area (Å²) >= 11 is 0. The largest absolute Gasteiger partial charge is 0.496 e. The summed E-state index contributed by atoms with van der Waals surface area (Å²) in [6.07, 6.45) is 3.74. The first-order chi connectivity index (χ1) is 9.70. The molecule has 0 aliphatic carbocycles. The van der Waals surface area contributed by atoms with Gasteiger partial charge < -0.3 is 19.9 Å². The van der Waals surface area contributed by atoms with Gasteiger partial charge in [0.2, 0.25) is 0 Å². The smallest absolute Gasteiger partial charge is 0.124 e. The highest BCUT2D eigenvalue weighted by Crippen LogP contribution is 2.23. The predicted molar refractivity (Wildman–Crippen MR) is 78.8 cm³/mol. The molecule has 1 aliphatic rings. The maximum atomic E-state index is 5.92. The van der Waals surface area contributed by atoms with Crippen LogP contribution < -0.4 is 10.5 Å². The van der Waals surface area contributed by atoms with E-state index >= 15 is 0 Å². The minimum absolute atomic E-state index is 0.0151. The van der Waals surface area contributed by atoms with Crippen molar-refractivity contribution in [2.24, 2.45) is 5.73 Å². The van der Waals surface area contributed by atoms with E-state index in [0.29, 0.717) is 13.2 Å². The van der Waals surface area contributed by atoms with E-state index in [1.807, 2.05) is 19.1 Å². The van der Waals surface area contributed by atoms with Crippen molar-refractivity contribution in [3.63, 3.8) is 0 Å². The van der Waals surface area contributed by atoms with Crippen LogP contribution in [0.5, 0.6) is 5.75 Å². The van der Waals surface area contributed by atoms with Crippen molar-refractivity contribution in [2.75, 3.05) is 20.3 Å². The van der Waals surface area contributed by atoms with Gasteiger partial charge in [0.25, 0.3) is 0 Å². The number of benzene rings is 1. The first kappa shape index (κ1) is 15.3. The summed E-state index contributed by atoms with van der Waals surface area (Å²) in [5.74, 6) is 0.846. The van der Waals surface area contributed by atoms with E-state index in [1.54, 1.807) is 7.11 Å². The molecule has 0 aromatic heterocycles. The maximum absolute atomic E-state index is 5.92. The highest BCUT2D eigenvalue weighted by Gasteiger charge is 2.14. The lowest BCUT2D eigenvalue weighted by Crippen LogP contribution is -2.24. The Morgan fingerprint density at radius 3 is 2.90 bits per heavy atom. The summed E-state index contributed by atoms with van der Waals surface area (Å²) in [6.45, 7) is 4.01. The van der Waals surface area contributed by atoms with E-state index in [4.69, 9.17) is 19.9 Å². The molecule has 1 saturated heterocycles. The molecule has 0 bridgehead atoms. The second-order valence-corrected chi connectivity index (χ2v) is 5.36. The van der Waals surface area contributed by atoms with Crippen LogP contribution in [0, 0.1) is 0 Å². The van der Waals surface area contributed by atoms with Gasteiger partial charge in [0.1, 0.15) is 5.75 Å². The van der Waals surface area contributed by atoms with Crippen LogP contribution in [0.4, 0.5) is 0 Å². The molecule has 2 unspecified atom stereocenters. The van der Waals surface area contributed by atoms with Crippen LogP contribution in [-0.2, 0) is 16.1 Å². The van der Waals surface area contributed by atoms with Gasteiger partial charge in [0, 0.05) is 18.2 Å². The Balaban J connectivity index is 1.91. The Morgan fingerprint density at radius 2 is 2.25 bits per heavy atom. The second kappa shape index (κ2) is 7.62. The van der Waals surface area contributed by atoms with Gasteiger partial charge in [0.05, 0.1) is 26.4 Å². The number of methoxy groups -OCH3 is 1. The van der Waals surface area contributed by atoms with Crippen molar-refractivity contribution in [3.05, 3.63) is 29.3 Å². The topological polar surface area (TPSA) is 53.7 Å². The third kappa shape index (κ3) is 4.20. The standard InChI is InChI=1S/C16H25NO3/c1-12(17)13-6-7-16(18-2)14(9-13)10-19-11-15-5-3-4-8-20-15/h6-7,9,12,15H,3-5,8,10-11,17H2,1-2H3. The minimum atomic E-state index is 0.0151. The van der Waals surface area contributed by atoms with Crippen LogP contribution in [0.2, 0.25) is 0 Å². The Morgan fingerprint density at radius 1 is 1.40 bits per heavy atom. The number of hydrogen-bond acceptors (Lipinski definition) is 4. The van der Waals surface area contributed by atoms with E-state index in [1.165, 1.54) is 12.8 Å². The molecule has 1 heterocycles. The van der Waals surface area contributed by atoms with E-state index in [9.17, 15) is 0 Å². The quantitative estimate of drug-likeness (QED) is 0.870. The van der Waals surface area contributed by atoms with Crippen LogP contribution in [0.1, 0.15) is 43.4 Å². The molecular formula is C16H25NO3. The summed E-state index contributed by atoms with van der Waals surface area (Å²) < 4.78 is 16.8. The normalized spacial score (nSPS) is 20.6. The van der Waals surface area contributed by atoms with Gasteiger partial charge in [-0.2, -0.15) is 0 Å². The molecule has 112 valence electrons. The first-order valence-corrected chi connectivity index (χ1v) is 7.32. The highest BCUT2D eigenvalue weighted by atomic mass is 16.5. The van der Waals surface area contributed by atoms with Gasteiger partial charge in [-0.15, -0.1) is 0 Å². The summed E-state index contributed by atoms with van der Waals surface area (Å²) in [5.41, 5.74) is 8.05. The number of ether oxygens (including phenoxy) is 3. The van der Waals surface area contributed by atoms with E-state index < -0.39 is 0 Å². The third-order valence-electron chi connectivity index (χ3n) is 3.67. The molecule has 0 radical (unpaired) electrons. The molecule has 0 spiro atoms. The molecule has 4 heteroatoms. The average Bonchev–Trinajstić information content (AvgIpc) is 2.48. The lowest BCUT2D eigenvalue weighted by molar-refractivity contribution is -0.0450. The molecule has 2 atom stereocenters. The van der Waals surface area contributed by atoms with Crippen molar-refractivity contribution >= 4 is 0 Å². The molecular weight excluding hydrogens is 254 g/mol. The van der Waals surface area contributed by atoms with Crippen molar-refractivity contribution in [3.8, 4) is 5.75 Å². The van der Waals surface area contributed by atoms with E-state index in [2.05, 4.69) is 6.07 Å². The number of nitrogens with two attached hydrogens (primary N) is 1. The van der Waals surface area contributed by atoms with Crippen molar-refractivity contribution in [1.82, 2.24) is 0 Å². The van der Waals surface area contributed by atoms with Gasteiger partial charge in [-0.25, -0.2) is 0 Å². The van der Waals surface area contributed by atoms with E-state index in [0.717, 1.165) is 29.9 Å². The van der Waals surface area contributed by atoms with Crippen LogP contribution in [-0.4, -0.2) is 26.4 Å². The molecule has 2 rings (SSSR count).